The number of fused-ring (bicyclic) bond motifs is 1. The second-order valence-corrected chi connectivity index (χ2v) is 6.66. The minimum Gasteiger partial charge on any atom is -0.497 e. The number of para-hydroxylation sites is 1. The van der Waals surface area contributed by atoms with Gasteiger partial charge in [-0.2, -0.15) is 0 Å². The van der Waals surface area contributed by atoms with Gasteiger partial charge in [0, 0.05) is 35.4 Å². The molecule has 5 nitrogen and oxygen atoms in total. The summed E-state index contributed by atoms with van der Waals surface area (Å²) in [6.07, 6.45) is 1.62. The highest BCUT2D eigenvalue weighted by molar-refractivity contribution is 6.13. The van der Waals surface area contributed by atoms with Gasteiger partial charge in [0.15, 0.2) is 0 Å². The third kappa shape index (κ3) is 3.38. The Morgan fingerprint density at radius 3 is 2.14 bits per heavy atom. The molecular weight excluding hydrogens is 364 g/mol. The fraction of sp³-hybridized carbons (Fsp3) is 0.0833. The molecule has 0 spiro atoms. The maximum absolute atomic E-state index is 13.3. The quantitative estimate of drug-likeness (QED) is 0.528. The molecule has 0 N–H and O–H groups in total. The molecule has 0 atom stereocenters. The van der Waals surface area contributed by atoms with Gasteiger partial charge in [-0.3, -0.25) is 14.2 Å². The molecule has 0 unspecified atom stereocenters. The molecule has 3 aromatic carbocycles. The highest BCUT2D eigenvalue weighted by Gasteiger charge is 2.19. The van der Waals surface area contributed by atoms with Crippen molar-refractivity contribution in [3.63, 3.8) is 0 Å². The number of rotatable bonds is 4. The molecular formula is C24H20N2O3. The van der Waals surface area contributed by atoms with Crippen molar-refractivity contribution in [3.05, 3.63) is 101 Å². The van der Waals surface area contributed by atoms with E-state index in [1.165, 1.54) is 4.57 Å². The number of aromatic nitrogens is 1. The number of hydrogen-bond acceptors (Lipinski definition) is 3. The zero-order valence-corrected chi connectivity index (χ0v) is 16.2. The Balaban J connectivity index is 1.90. The Hall–Kier alpha value is -3.86. The summed E-state index contributed by atoms with van der Waals surface area (Å²) in [4.78, 5) is 28.0. The van der Waals surface area contributed by atoms with E-state index in [4.69, 9.17) is 4.74 Å². The van der Waals surface area contributed by atoms with Gasteiger partial charge in [-0.25, -0.2) is 0 Å². The zero-order chi connectivity index (χ0) is 20.4. The van der Waals surface area contributed by atoms with E-state index in [2.05, 4.69) is 0 Å². The number of hydrogen-bond donors (Lipinski definition) is 0. The molecule has 0 bridgehead atoms. The van der Waals surface area contributed by atoms with Crippen LogP contribution in [0.15, 0.2) is 89.9 Å². The van der Waals surface area contributed by atoms with E-state index in [1.54, 1.807) is 67.7 Å². The number of carbonyl (C=O) groups is 1. The molecule has 4 aromatic rings. The van der Waals surface area contributed by atoms with Crippen molar-refractivity contribution in [2.45, 2.75) is 0 Å². The molecule has 0 saturated carbocycles. The number of nitrogens with zero attached hydrogens (tertiary/aromatic N) is 2. The first-order chi connectivity index (χ1) is 14.1. The Labute approximate surface area is 168 Å². The lowest BCUT2D eigenvalue weighted by Crippen LogP contribution is -2.29. The molecule has 0 saturated heterocycles. The predicted molar refractivity (Wildman–Crippen MR) is 115 cm³/mol. The smallest absolute Gasteiger partial charge is 0.262 e. The number of carbonyl (C=O) groups excluding carboxylic acids is 1. The first-order valence-electron chi connectivity index (χ1n) is 9.22. The molecule has 1 aromatic heterocycles. The highest BCUT2D eigenvalue weighted by atomic mass is 16.5. The number of methoxy groups -OCH3 is 1. The van der Waals surface area contributed by atoms with Crippen LogP contribution in [-0.2, 0) is 0 Å². The molecule has 1 heterocycles. The molecule has 0 radical (unpaired) electrons. The van der Waals surface area contributed by atoms with Crippen LogP contribution in [0.2, 0.25) is 0 Å². The first-order valence-corrected chi connectivity index (χ1v) is 9.22. The fourth-order valence-corrected chi connectivity index (χ4v) is 3.35. The molecule has 1 amide bonds. The normalized spacial score (nSPS) is 10.7. The molecule has 29 heavy (non-hydrogen) atoms. The third-order valence-electron chi connectivity index (χ3n) is 4.95. The van der Waals surface area contributed by atoms with Gasteiger partial charge >= 0.3 is 0 Å². The van der Waals surface area contributed by atoms with Crippen molar-refractivity contribution >= 4 is 22.4 Å². The van der Waals surface area contributed by atoms with Crippen molar-refractivity contribution in [1.82, 2.24) is 4.57 Å². The van der Waals surface area contributed by atoms with Crippen LogP contribution < -0.4 is 15.2 Å². The van der Waals surface area contributed by atoms with Gasteiger partial charge < -0.3 is 9.64 Å². The average molecular weight is 384 g/mol. The number of ether oxygens (including phenoxy) is 1. The van der Waals surface area contributed by atoms with Gasteiger partial charge in [0.1, 0.15) is 5.75 Å². The number of benzene rings is 3. The van der Waals surface area contributed by atoms with E-state index < -0.39 is 0 Å². The van der Waals surface area contributed by atoms with Crippen LogP contribution in [0.4, 0.5) is 5.69 Å². The lowest BCUT2D eigenvalue weighted by Gasteiger charge is -2.19. The Kier molecular flexibility index (Phi) is 4.87. The minimum atomic E-state index is -0.185. The van der Waals surface area contributed by atoms with E-state index in [9.17, 15) is 9.59 Å². The van der Waals surface area contributed by atoms with Crippen LogP contribution in [0.3, 0.4) is 0 Å². The first kappa shape index (κ1) is 18.5. The Morgan fingerprint density at radius 2 is 1.48 bits per heavy atom. The molecule has 0 aliphatic heterocycles. The molecule has 0 fully saturated rings. The number of anilines is 1. The van der Waals surface area contributed by atoms with Crippen LogP contribution in [-0.4, -0.2) is 24.6 Å². The summed E-state index contributed by atoms with van der Waals surface area (Å²) in [5.74, 6) is 0.511. The van der Waals surface area contributed by atoms with E-state index in [0.717, 1.165) is 5.69 Å². The molecule has 144 valence electrons. The SMILES string of the molecule is COc1ccc(-n2cc(C(=O)N(C)c3ccccc3)c3ccccc3c2=O)cc1. The molecule has 5 heteroatoms. The number of amides is 1. The molecule has 4 rings (SSSR count). The van der Waals surface area contributed by atoms with E-state index in [1.807, 2.05) is 36.4 Å². The van der Waals surface area contributed by atoms with Gasteiger partial charge in [0.2, 0.25) is 0 Å². The fourth-order valence-electron chi connectivity index (χ4n) is 3.35. The zero-order valence-electron chi connectivity index (χ0n) is 16.2. The van der Waals surface area contributed by atoms with Gasteiger partial charge in [-0.05, 0) is 42.5 Å². The van der Waals surface area contributed by atoms with Crippen molar-refractivity contribution in [3.8, 4) is 11.4 Å². The summed E-state index contributed by atoms with van der Waals surface area (Å²) in [6, 6.07) is 23.8. The third-order valence-corrected chi connectivity index (χ3v) is 4.95. The average Bonchev–Trinajstić information content (AvgIpc) is 2.79. The van der Waals surface area contributed by atoms with Gasteiger partial charge in [0.25, 0.3) is 11.5 Å². The van der Waals surface area contributed by atoms with Crippen molar-refractivity contribution < 1.29 is 9.53 Å². The largest absolute Gasteiger partial charge is 0.497 e. The molecule has 0 aliphatic carbocycles. The summed E-state index contributed by atoms with van der Waals surface area (Å²) in [6.45, 7) is 0. The second-order valence-electron chi connectivity index (χ2n) is 6.66. The Morgan fingerprint density at radius 1 is 0.862 bits per heavy atom. The molecule has 0 aliphatic rings. The van der Waals surface area contributed by atoms with E-state index in [-0.39, 0.29) is 11.5 Å². The minimum absolute atomic E-state index is 0.176. The maximum Gasteiger partial charge on any atom is 0.262 e. The maximum atomic E-state index is 13.3. The monoisotopic (exact) mass is 384 g/mol. The lowest BCUT2D eigenvalue weighted by molar-refractivity contribution is 0.0994. The summed E-state index contributed by atoms with van der Waals surface area (Å²) in [5.41, 5.74) is 1.73. The highest BCUT2D eigenvalue weighted by Crippen LogP contribution is 2.22. The lowest BCUT2D eigenvalue weighted by atomic mass is 10.1. The summed E-state index contributed by atoms with van der Waals surface area (Å²) in [5, 5.41) is 1.13. The van der Waals surface area contributed by atoms with Gasteiger partial charge in [-0.15, -0.1) is 0 Å². The Bertz CT molecular complexity index is 1230. The van der Waals surface area contributed by atoms with Gasteiger partial charge in [-0.1, -0.05) is 36.4 Å². The van der Waals surface area contributed by atoms with E-state index in [0.29, 0.717) is 27.8 Å². The van der Waals surface area contributed by atoms with Crippen molar-refractivity contribution in [2.75, 3.05) is 19.1 Å². The topological polar surface area (TPSA) is 51.5 Å². The number of pyridine rings is 1. The van der Waals surface area contributed by atoms with Gasteiger partial charge in [0.05, 0.1) is 12.7 Å². The van der Waals surface area contributed by atoms with E-state index >= 15 is 0 Å². The van der Waals surface area contributed by atoms with Crippen LogP contribution in [0.25, 0.3) is 16.5 Å². The van der Waals surface area contributed by atoms with Crippen molar-refractivity contribution in [1.29, 1.82) is 0 Å². The van der Waals surface area contributed by atoms with Crippen LogP contribution >= 0.6 is 0 Å². The van der Waals surface area contributed by atoms with Crippen LogP contribution in [0.1, 0.15) is 10.4 Å². The van der Waals surface area contributed by atoms with Crippen LogP contribution in [0.5, 0.6) is 5.75 Å². The van der Waals surface area contributed by atoms with Crippen molar-refractivity contribution in [2.24, 2.45) is 0 Å². The van der Waals surface area contributed by atoms with Crippen LogP contribution in [0, 0.1) is 0 Å². The summed E-state index contributed by atoms with van der Waals surface area (Å²) >= 11 is 0. The predicted octanol–water partition coefficient (Wildman–Crippen LogP) is 4.28. The second kappa shape index (κ2) is 7.64. The summed E-state index contributed by atoms with van der Waals surface area (Å²) in [7, 11) is 3.32. The summed E-state index contributed by atoms with van der Waals surface area (Å²) < 4.78 is 6.71. The standard InChI is InChI=1S/C24H20N2O3/c1-25(17-8-4-3-5-9-17)23(27)22-16-26(18-12-14-19(29-2)15-13-18)24(28)21-11-7-6-10-20(21)22/h3-16H,1-2H3.